The summed E-state index contributed by atoms with van der Waals surface area (Å²) in [7, 11) is 1.60. The second kappa shape index (κ2) is 10.8. The number of aliphatic carboxylic acids is 1. The van der Waals surface area contributed by atoms with E-state index in [1.165, 1.54) is 11.3 Å². The maximum Gasteiger partial charge on any atom is 0.324 e. The maximum absolute atomic E-state index is 13.2. The van der Waals surface area contributed by atoms with Crippen LogP contribution in [0.15, 0.2) is 29.8 Å². The maximum atomic E-state index is 13.2. The number of nitrogens with zero attached hydrogens (tertiary/aromatic N) is 2. The van der Waals surface area contributed by atoms with Crippen molar-refractivity contribution in [3.8, 4) is 5.75 Å². The van der Waals surface area contributed by atoms with Crippen LogP contribution in [-0.4, -0.2) is 52.2 Å². The van der Waals surface area contributed by atoms with Gasteiger partial charge in [0.15, 0.2) is 5.78 Å². The van der Waals surface area contributed by atoms with E-state index in [0.29, 0.717) is 30.6 Å². The average Bonchev–Trinajstić information content (AvgIpc) is 3.44. The van der Waals surface area contributed by atoms with Crippen molar-refractivity contribution in [2.45, 2.75) is 83.9 Å². The molecule has 0 spiro atoms. The Balaban J connectivity index is 1.83. The molecule has 1 N–H and O–H groups in total. The highest BCUT2D eigenvalue weighted by Crippen LogP contribution is 2.46. The van der Waals surface area contributed by atoms with Gasteiger partial charge in [-0.15, -0.1) is 11.3 Å². The highest BCUT2D eigenvalue weighted by molar-refractivity contribution is 7.09. The Morgan fingerprint density at radius 3 is 2.54 bits per heavy atom. The second-order valence-corrected chi connectivity index (χ2v) is 11.7. The first-order valence-corrected chi connectivity index (χ1v) is 13.0. The Morgan fingerprint density at radius 2 is 2.00 bits per heavy atom. The van der Waals surface area contributed by atoms with E-state index in [1.807, 2.05) is 30.2 Å². The zero-order valence-corrected chi connectivity index (χ0v) is 22.6. The van der Waals surface area contributed by atoms with E-state index >= 15 is 0 Å². The lowest BCUT2D eigenvalue weighted by Crippen LogP contribution is -2.53. The van der Waals surface area contributed by atoms with Crippen molar-refractivity contribution in [3.05, 3.63) is 45.9 Å². The molecule has 1 fully saturated rings. The lowest BCUT2D eigenvalue weighted by molar-refractivity contribution is -0.157. The molecule has 3 atom stereocenters. The Hall–Kier alpha value is -2.29. The molecule has 1 saturated heterocycles. The number of carboxylic acid groups (broad SMARTS) is 1. The molecule has 1 aliphatic heterocycles. The fraction of sp³-hybridized carbons (Fsp3) is 0.593. The van der Waals surface area contributed by atoms with E-state index in [2.05, 4.69) is 25.8 Å². The lowest BCUT2D eigenvalue weighted by atomic mass is 9.85. The number of Topliss-reactive ketones (excluding diaryl/α,β-unsaturated/α-hetero) is 1. The summed E-state index contributed by atoms with van der Waals surface area (Å²) in [5.41, 5.74) is 0.358. The standard InChI is InChI=1S/C27H38N2O5S/c1-17(2)15-27(25(31)32)11-10-21(24-28-12-13-35-24)29(27)16-34-18(3)23(30)19-8-9-20(26(4,5)6)22(14-19)33-7/h8-9,12-14,17-18,21H,10-11,15-16H2,1-7H3,(H,31,32)/t18?,21-,27+/m1/s1. The third kappa shape index (κ3) is 5.76. The zero-order valence-electron chi connectivity index (χ0n) is 21.8. The number of methoxy groups -OCH3 is 1. The highest BCUT2D eigenvalue weighted by atomic mass is 32.1. The third-order valence-corrected chi connectivity index (χ3v) is 7.64. The van der Waals surface area contributed by atoms with Crippen molar-refractivity contribution >= 4 is 23.1 Å². The van der Waals surface area contributed by atoms with Gasteiger partial charge in [-0.25, -0.2) is 4.98 Å². The van der Waals surface area contributed by atoms with Crippen LogP contribution in [-0.2, 0) is 14.9 Å². The van der Waals surface area contributed by atoms with Gasteiger partial charge in [0.05, 0.1) is 13.2 Å². The van der Waals surface area contributed by atoms with Crippen LogP contribution in [0.25, 0.3) is 0 Å². The molecule has 2 heterocycles. The van der Waals surface area contributed by atoms with Gasteiger partial charge < -0.3 is 14.6 Å². The highest BCUT2D eigenvalue weighted by Gasteiger charge is 2.53. The first-order chi connectivity index (χ1) is 16.4. The van der Waals surface area contributed by atoms with Gasteiger partial charge in [-0.3, -0.25) is 14.5 Å². The summed E-state index contributed by atoms with van der Waals surface area (Å²) in [5, 5.41) is 13.1. The predicted molar refractivity (Wildman–Crippen MR) is 137 cm³/mol. The number of hydrogen-bond acceptors (Lipinski definition) is 7. The number of carbonyl (C=O) groups is 2. The number of thiazole rings is 1. The topological polar surface area (TPSA) is 89.0 Å². The van der Waals surface area contributed by atoms with Gasteiger partial charge in [-0.1, -0.05) is 46.8 Å². The molecule has 1 aliphatic rings. The van der Waals surface area contributed by atoms with Crippen molar-refractivity contribution < 1.29 is 24.2 Å². The van der Waals surface area contributed by atoms with Crippen molar-refractivity contribution in [1.82, 2.24) is 9.88 Å². The van der Waals surface area contributed by atoms with Gasteiger partial charge in [0.1, 0.15) is 29.1 Å². The monoisotopic (exact) mass is 502 g/mol. The quantitative estimate of drug-likeness (QED) is 0.417. The Kier molecular flexibility index (Phi) is 8.40. The van der Waals surface area contributed by atoms with Crippen molar-refractivity contribution in [1.29, 1.82) is 0 Å². The molecular formula is C27H38N2O5S. The van der Waals surface area contributed by atoms with Crippen LogP contribution >= 0.6 is 11.3 Å². The number of carbonyl (C=O) groups excluding carboxylic acids is 1. The SMILES string of the molecule is COc1cc(C(=O)C(C)OCN2[C@@H](c3nccs3)CC[C@]2(CC(C)C)C(=O)O)ccc1C(C)(C)C. The Bertz CT molecular complexity index is 1030. The van der Waals surface area contributed by atoms with E-state index in [0.717, 1.165) is 10.6 Å². The second-order valence-electron chi connectivity index (χ2n) is 10.8. The minimum Gasteiger partial charge on any atom is -0.496 e. The molecule has 0 saturated carbocycles. The van der Waals surface area contributed by atoms with E-state index in [1.54, 1.807) is 32.4 Å². The summed E-state index contributed by atoms with van der Waals surface area (Å²) < 4.78 is 11.6. The summed E-state index contributed by atoms with van der Waals surface area (Å²) in [4.78, 5) is 32.2. The molecule has 1 aromatic heterocycles. The van der Waals surface area contributed by atoms with Gasteiger partial charge >= 0.3 is 5.97 Å². The molecule has 0 aliphatic carbocycles. The van der Waals surface area contributed by atoms with E-state index in [9.17, 15) is 14.7 Å². The molecule has 0 radical (unpaired) electrons. The molecule has 8 heteroatoms. The first-order valence-electron chi connectivity index (χ1n) is 12.1. The summed E-state index contributed by atoms with van der Waals surface area (Å²) in [6.45, 7) is 12.1. The van der Waals surface area contributed by atoms with Crippen LogP contribution in [0.5, 0.6) is 5.75 Å². The van der Waals surface area contributed by atoms with Gasteiger partial charge in [0, 0.05) is 17.1 Å². The van der Waals surface area contributed by atoms with Gasteiger partial charge in [0.25, 0.3) is 0 Å². The zero-order chi connectivity index (χ0) is 26.0. The Morgan fingerprint density at radius 1 is 1.29 bits per heavy atom. The fourth-order valence-corrected chi connectivity index (χ4v) is 5.81. The molecule has 192 valence electrons. The van der Waals surface area contributed by atoms with Crippen LogP contribution in [0.2, 0.25) is 0 Å². The third-order valence-electron chi connectivity index (χ3n) is 6.76. The minimum atomic E-state index is -1.05. The van der Waals surface area contributed by atoms with Crippen molar-refractivity contribution in [2.75, 3.05) is 13.8 Å². The predicted octanol–water partition coefficient (Wildman–Crippen LogP) is 5.70. The van der Waals surface area contributed by atoms with Gasteiger partial charge in [-0.05, 0) is 49.1 Å². The number of ether oxygens (including phenoxy) is 2. The molecule has 1 aromatic carbocycles. The molecular weight excluding hydrogens is 464 g/mol. The number of rotatable bonds is 10. The summed E-state index contributed by atoms with van der Waals surface area (Å²) in [6.07, 6.45) is 2.69. The number of likely N-dealkylation sites (tertiary alicyclic amines) is 1. The largest absolute Gasteiger partial charge is 0.496 e. The van der Waals surface area contributed by atoms with E-state index in [-0.39, 0.29) is 29.9 Å². The van der Waals surface area contributed by atoms with Crippen LogP contribution < -0.4 is 4.74 Å². The first kappa shape index (κ1) is 27.3. The molecule has 7 nitrogen and oxygen atoms in total. The van der Waals surface area contributed by atoms with E-state index in [4.69, 9.17) is 9.47 Å². The number of ketones is 1. The van der Waals surface area contributed by atoms with Crippen molar-refractivity contribution in [3.63, 3.8) is 0 Å². The summed E-state index contributed by atoms with van der Waals surface area (Å²) >= 11 is 1.52. The molecule has 0 amide bonds. The van der Waals surface area contributed by atoms with Crippen LogP contribution in [0.1, 0.15) is 87.8 Å². The lowest BCUT2D eigenvalue weighted by Gasteiger charge is -2.38. The van der Waals surface area contributed by atoms with Crippen LogP contribution in [0, 0.1) is 5.92 Å². The van der Waals surface area contributed by atoms with Crippen LogP contribution in [0.3, 0.4) is 0 Å². The number of hydrogen-bond donors (Lipinski definition) is 1. The normalized spacial score (nSPS) is 21.9. The number of aromatic nitrogens is 1. The fourth-order valence-electron chi connectivity index (χ4n) is 5.02. The van der Waals surface area contributed by atoms with Gasteiger partial charge in [-0.2, -0.15) is 0 Å². The summed E-state index contributed by atoms with van der Waals surface area (Å²) in [6, 6.07) is 5.34. The molecule has 3 rings (SSSR count). The molecule has 1 unspecified atom stereocenters. The minimum absolute atomic E-state index is 0.0351. The molecule has 35 heavy (non-hydrogen) atoms. The average molecular weight is 503 g/mol. The molecule has 2 aromatic rings. The number of carboxylic acids is 1. The van der Waals surface area contributed by atoms with Gasteiger partial charge in [0.2, 0.25) is 0 Å². The number of benzene rings is 1. The Labute approximate surface area is 212 Å². The van der Waals surface area contributed by atoms with Crippen molar-refractivity contribution in [2.24, 2.45) is 5.92 Å². The van der Waals surface area contributed by atoms with Crippen LogP contribution in [0.4, 0.5) is 0 Å². The smallest absolute Gasteiger partial charge is 0.324 e. The summed E-state index contributed by atoms with van der Waals surface area (Å²) in [5.74, 6) is -0.161. The van der Waals surface area contributed by atoms with E-state index < -0.39 is 17.6 Å². The molecule has 0 bridgehead atoms.